The van der Waals surface area contributed by atoms with Crippen LogP contribution in [0.3, 0.4) is 0 Å². The van der Waals surface area contributed by atoms with Gasteiger partial charge in [-0.15, -0.1) is 0 Å². The van der Waals surface area contributed by atoms with Crippen LogP contribution in [0.15, 0.2) is 12.2 Å². The molecule has 0 aliphatic rings. The molecule has 112 valence electrons. The molecule has 0 aromatic carbocycles. The first-order valence-corrected chi connectivity index (χ1v) is 8.65. The molecular formula is C19H36. The second kappa shape index (κ2) is 17.7. The third-order valence-electron chi connectivity index (χ3n) is 3.79. The normalized spacial score (nSPS) is 11.5. The Kier molecular flexibility index (Phi) is 17.5. The van der Waals surface area contributed by atoms with Gasteiger partial charge in [-0.3, -0.25) is 0 Å². The SMILES string of the molecule is [CH2]C=CCCCCCCCCCCCCCCC[CH2]. The molecule has 0 heteroatoms. The summed E-state index contributed by atoms with van der Waals surface area (Å²) in [4.78, 5) is 0. The molecule has 0 aromatic rings. The van der Waals surface area contributed by atoms with Crippen LogP contribution in [0, 0.1) is 13.8 Å². The van der Waals surface area contributed by atoms with Gasteiger partial charge in [-0.05, 0) is 19.8 Å². The molecule has 0 aliphatic carbocycles. The van der Waals surface area contributed by atoms with Crippen molar-refractivity contribution in [2.75, 3.05) is 0 Å². The Bertz CT molecular complexity index is 169. The molecule has 0 bridgehead atoms. The van der Waals surface area contributed by atoms with Gasteiger partial charge >= 0.3 is 0 Å². The summed E-state index contributed by atoms with van der Waals surface area (Å²) < 4.78 is 0. The van der Waals surface area contributed by atoms with Crippen molar-refractivity contribution in [1.29, 1.82) is 0 Å². The molecule has 2 radical (unpaired) electrons. The summed E-state index contributed by atoms with van der Waals surface area (Å²) in [5.74, 6) is 0. The number of hydrogen-bond donors (Lipinski definition) is 0. The quantitative estimate of drug-likeness (QED) is 0.278. The minimum Gasteiger partial charge on any atom is -0.0885 e. The third kappa shape index (κ3) is 17.7. The van der Waals surface area contributed by atoms with Crippen molar-refractivity contribution < 1.29 is 0 Å². The molecule has 0 saturated carbocycles. The van der Waals surface area contributed by atoms with E-state index in [9.17, 15) is 0 Å². The topological polar surface area (TPSA) is 0 Å². The molecule has 0 spiro atoms. The second-order valence-electron chi connectivity index (χ2n) is 5.71. The van der Waals surface area contributed by atoms with Gasteiger partial charge in [0.15, 0.2) is 0 Å². The zero-order chi connectivity index (χ0) is 14.0. The number of allylic oxidation sites excluding steroid dienone is 2. The Morgan fingerprint density at radius 2 is 0.895 bits per heavy atom. The van der Waals surface area contributed by atoms with E-state index in [4.69, 9.17) is 0 Å². The lowest BCUT2D eigenvalue weighted by Gasteiger charge is -2.02. The lowest BCUT2D eigenvalue weighted by molar-refractivity contribution is 0.538. The van der Waals surface area contributed by atoms with Crippen LogP contribution < -0.4 is 0 Å². The summed E-state index contributed by atoms with van der Waals surface area (Å²) in [6.07, 6.45) is 24.9. The number of unbranched alkanes of at least 4 members (excludes halogenated alkanes) is 14. The van der Waals surface area contributed by atoms with Crippen molar-refractivity contribution in [3.8, 4) is 0 Å². The minimum absolute atomic E-state index is 1.12. The predicted octanol–water partition coefficient (Wildman–Crippen LogP) is 7.06. The lowest BCUT2D eigenvalue weighted by Crippen LogP contribution is -1.83. The van der Waals surface area contributed by atoms with Crippen LogP contribution in [-0.2, 0) is 0 Å². The maximum Gasteiger partial charge on any atom is -0.0316 e. The Labute approximate surface area is 123 Å². The highest BCUT2D eigenvalue weighted by molar-refractivity contribution is 4.83. The van der Waals surface area contributed by atoms with Gasteiger partial charge in [-0.25, -0.2) is 0 Å². The molecule has 0 saturated heterocycles. The molecule has 0 aromatic heterocycles. The monoisotopic (exact) mass is 264 g/mol. The van der Waals surface area contributed by atoms with Gasteiger partial charge in [-0.2, -0.15) is 0 Å². The zero-order valence-corrected chi connectivity index (χ0v) is 13.2. The van der Waals surface area contributed by atoms with Crippen LogP contribution in [0.4, 0.5) is 0 Å². The van der Waals surface area contributed by atoms with Crippen LogP contribution in [-0.4, -0.2) is 0 Å². The molecule has 0 atom stereocenters. The molecule has 0 amide bonds. The highest BCUT2D eigenvalue weighted by atomic mass is 14.0. The Morgan fingerprint density at radius 3 is 1.26 bits per heavy atom. The molecule has 0 unspecified atom stereocenters. The fourth-order valence-electron chi connectivity index (χ4n) is 2.50. The van der Waals surface area contributed by atoms with Crippen molar-refractivity contribution in [1.82, 2.24) is 0 Å². The Morgan fingerprint density at radius 1 is 0.526 bits per heavy atom. The largest absolute Gasteiger partial charge is 0.0885 e. The minimum atomic E-state index is 1.12. The van der Waals surface area contributed by atoms with Crippen LogP contribution >= 0.6 is 0 Å². The van der Waals surface area contributed by atoms with Gasteiger partial charge in [0.25, 0.3) is 0 Å². The van der Waals surface area contributed by atoms with E-state index in [1.165, 1.54) is 89.9 Å². The lowest BCUT2D eigenvalue weighted by atomic mass is 10.0. The summed E-state index contributed by atoms with van der Waals surface area (Å²) in [5.41, 5.74) is 0. The average molecular weight is 264 g/mol. The molecule has 0 fully saturated rings. The van der Waals surface area contributed by atoms with Gasteiger partial charge in [-0.1, -0.05) is 103 Å². The van der Waals surface area contributed by atoms with Gasteiger partial charge in [0.1, 0.15) is 0 Å². The van der Waals surface area contributed by atoms with Gasteiger partial charge in [0, 0.05) is 0 Å². The van der Waals surface area contributed by atoms with E-state index in [1.807, 2.05) is 6.08 Å². The maximum atomic E-state index is 3.88. The average Bonchev–Trinajstić information content (AvgIpc) is 2.43. The zero-order valence-electron chi connectivity index (χ0n) is 13.2. The molecule has 0 aliphatic heterocycles. The standard InChI is InChI=1S/C19H36/c1-3-5-7-9-11-13-15-17-19-18-16-14-12-10-8-6-4-2/h3,5H,1-2,4,6-19H2. The van der Waals surface area contributed by atoms with E-state index >= 15 is 0 Å². The Balaban J connectivity index is 2.91. The molecule has 0 N–H and O–H groups in total. The smallest absolute Gasteiger partial charge is 0.0316 e. The summed E-state index contributed by atoms with van der Waals surface area (Å²) >= 11 is 0. The number of rotatable bonds is 15. The highest BCUT2D eigenvalue weighted by Crippen LogP contribution is 2.13. The summed E-state index contributed by atoms with van der Waals surface area (Å²) in [7, 11) is 0. The van der Waals surface area contributed by atoms with E-state index in [0.717, 1.165) is 6.42 Å². The van der Waals surface area contributed by atoms with Crippen molar-refractivity contribution in [3.63, 3.8) is 0 Å². The molecular weight excluding hydrogens is 228 g/mol. The molecule has 0 nitrogen and oxygen atoms in total. The summed E-state index contributed by atoms with van der Waals surface area (Å²) in [6.45, 7) is 7.59. The second-order valence-corrected chi connectivity index (χ2v) is 5.71. The first-order chi connectivity index (χ1) is 9.41. The first kappa shape index (κ1) is 18.7. The van der Waals surface area contributed by atoms with Crippen molar-refractivity contribution in [3.05, 3.63) is 26.0 Å². The van der Waals surface area contributed by atoms with Crippen LogP contribution in [0.1, 0.15) is 96.3 Å². The van der Waals surface area contributed by atoms with Gasteiger partial charge in [0.2, 0.25) is 0 Å². The van der Waals surface area contributed by atoms with Crippen LogP contribution in [0.2, 0.25) is 0 Å². The highest BCUT2D eigenvalue weighted by Gasteiger charge is 1.93. The fraction of sp³-hybridized carbons (Fsp3) is 0.789. The molecule has 0 rings (SSSR count). The maximum absolute atomic E-state index is 3.88. The van der Waals surface area contributed by atoms with Gasteiger partial charge < -0.3 is 0 Å². The van der Waals surface area contributed by atoms with Crippen molar-refractivity contribution in [2.24, 2.45) is 0 Å². The van der Waals surface area contributed by atoms with E-state index in [-0.39, 0.29) is 0 Å². The van der Waals surface area contributed by atoms with Gasteiger partial charge in [0.05, 0.1) is 0 Å². The predicted molar refractivity (Wildman–Crippen MR) is 89.1 cm³/mol. The van der Waals surface area contributed by atoms with Crippen LogP contribution in [0.5, 0.6) is 0 Å². The molecule has 0 heterocycles. The van der Waals surface area contributed by atoms with Crippen molar-refractivity contribution >= 4 is 0 Å². The summed E-state index contributed by atoms with van der Waals surface area (Å²) in [5, 5.41) is 0. The fourth-order valence-corrected chi connectivity index (χ4v) is 2.50. The van der Waals surface area contributed by atoms with E-state index < -0.39 is 0 Å². The Hall–Kier alpha value is -0.260. The van der Waals surface area contributed by atoms with Crippen molar-refractivity contribution in [2.45, 2.75) is 96.3 Å². The number of hydrogen-bond acceptors (Lipinski definition) is 0. The van der Waals surface area contributed by atoms with Crippen LogP contribution in [0.25, 0.3) is 0 Å². The third-order valence-corrected chi connectivity index (χ3v) is 3.79. The van der Waals surface area contributed by atoms with E-state index in [2.05, 4.69) is 19.9 Å². The first-order valence-electron chi connectivity index (χ1n) is 8.65. The van der Waals surface area contributed by atoms with E-state index in [0.29, 0.717) is 0 Å². The van der Waals surface area contributed by atoms with E-state index in [1.54, 1.807) is 0 Å². The molecule has 19 heavy (non-hydrogen) atoms. The summed E-state index contributed by atoms with van der Waals surface area (Å²) in [6, 6.07) is 0.